The van der Waals surface area contributed by atoms with Crippen LogP contribution in [0.5, 0.6) is 0 Å². The summed E-state index contributed by atoms with van der Waals surface area (Å²) in [6, 6.07) is 8.43. The number of carbonyl (C=O) groups is 1. The zero-order chi connectivity index (χ0) is 13.0. The van der Waals surface area contributed by atoms with Crippen LogP contribution in [0.15, 0.2) is 29.2 Å². The molecule has 0 aliphatic carbocycles. The van der Waals surface area contributed by atoms with Gasteiger partial charge in [0.05, 0.1) is 5.75 Å². The summed E-state index contributed by atoms with van der Waals surface area (Å²) >= 11 is 1.62. The van der Waals surface area contributed by atoms with Crippen LogP contribution in [-0.4, -0.2) is 35.7 Å². The van der Waals surface area contributed by atoms with E-state index < -0.39 is 0 Å². The largest absolute Gasteiger partial charge is 0.338 e. The van der Waals surface area contributed by atoms with Crippen molar-refractivity contribution in [2.75, 3.05) is 18.8 Å². The Balaban J connectivity index is 0.00000180. The van der Waals surface area contributed by atoms with E-state index in [0.29, 0.717) is 12.3 Å². The number of hydrogen-bond donors (Lipinski definition) is 1. The number of rotatable bonds is 4. The molecule has 1 saturated heterocycles. The number of nitrogens with zero attached hydrogens (tertiary/aromatic N) is 1. The minimum atomic E-state index is 0. The van der Waals surface area contributed by atoms with Gasteiger partial charge in [0.2, 0.25) is 5.91 Å². The topological polar surface area (TPSA) is 46.3 Å². The van der Waals surface area contributed by atoms with Crippen molar-refractivity contribution < 1.29 is 4.79 Å². The van der Waals surface area contributed by atoms with Crippen LogP contribution in [0.2, 0.25) is 0 Å². The molecule has 0 aromatic heterocycles. The molecule has 1 atom stereocenters. The highest BCUT2D eigenvalue weighted by molar-refractivity contribution is 8.00. The normalized spacial score (nSPS) is 18.2. The van der Waals surface area contributed by atoms with Gasteiger partial charge in [-0.15, -0.1) is 24.2 Å². The van der Waals surface area contributed by atoms with E-state index in [4.69, 9.17) is 5.73 Å². The van der Waals surface area contributed by atoms with Crippen LogP contribution in [0.3, 0.4) is 0 Å². The summed E-state index contributed by atoms with van der Waals surface area (Å²) in [5.41, 5.74) is 6.92. The number of thioether (sulfide) groups is 1. The van der Waals surface area contributed by atoms with Gasteiger partial charge in [-0.3, -0.25) is 4.79 Å². The highest BCUT2D eigenvalue weighted by Gasteiger charge is 2.27. The molecule has 3 nitrogen and oxygen atoms in total. The Bertz CT molecular complexity index is 428. The second kappa shape index (κ2) is 7.78. The predicted octanol–water partition coefficient (Wildman–Crippen LogP) is 2.46. The molecular weight excluding hydrogens is 280 g/mol. The van der Waals surface area contributed by atoms with Crippen molar-refractivity contribution in [1.82, 2.24) is 4.90 Å². The van der Waals surface area contributed by atoms with Crippen molar-refractivity contribution in [1.29, 1.82) is 0 Å². The number of nitrogens with two attached hydrogens (primary N) is 1. The van der Waals surface area contributed by atoms with Gasteiger partial charge in [0.1, 0.15) is 0 Å². The maximum Gasteiger partial charge on any atom is 0.233 e. The van der Waals surface area contributed by atoms with Gasteiger partial charge < -0.3 is 10.6 Å². The highest BCUT2D eigenvalue weighted by Crippen LogP contribution is 2.24. The fourth-order valence-corrected chi connectivity index (χ4v) is 3.27. The standard InChI is InChI=1S/C14H20N2OS.ClH/c1-11-5-2-3-7-13(11)18-10-14(17)16-8-4-6-12(16)9-15;/h2-3,5,7,12H,4,6,8-10,15H2,1H3;1H. The first-order valence-corrected chi connectivity index (χ1v) is 7.39. The van der Waals surface area contributed by atoms with Gasteiger partial charge in [0.15, 0.2) is 0 Å². The summed E-state index contributed by atoms with van der Waals surface area (Å²) in [5, 5.41) is 0. The monoisotopic (exact) mass is 300 g/mol. The second-order valence-electron chi connectivity index (χ2n) is 4.67. The lowest BCUT2D eigenvalue weighted by atomic mass is 10.2. The Morgan fingerprint density at radius 2 is 2.21 bits per heavy atom. The lowest BCUT2D eigenvalue weighted by Crippen LogP contribution is -2.40. The van der Waals surface area contributed by atoms with Gasteiger partial charge in [-0.25, -0.2) is 0 Å². The summed E-state index contributed by atoms with van der Waals surface area (Å²) in [7, 11) is 0. The number of hydrogen-bond acceptors (Lipinski definition) is 3. The van der Waals surface area contributed by atoms with Gasteiger partial charge in [-0.05, 0) is 31.4 Å². The zero-order valence-electron chi connectivity index (χ0n) is 11.2. The molecule has 1 unspecified atom stereocenters. The molecule has 2 rings (SSSR count). The molecule has 106 valence electrons. The maximum absolute atomic E-state index is 12.1. The molecule has 0 bridgehead atoms. The van der Waals surface area contributed by atoms with Crippen LogP contribution < -0.4 is 5.73 Å². The van der Waals surface area contributed by atoms with E-state index in [1.165, 1.54) is 10.5 Å². The van der Waals surface area contributed by atoms with E-state index in [1.807, 2.05) is 17.0 Å². The first-order valence-electron chi connectivity index (χ1n) is 6.40. The molecule has 1 aromatic rings. The van der Waals surface area contributed by atoms with E-state index in [-0.39, 0.29) is 24.4 Å². The molecule has 1 fully saturated rings. The molecule has 1 aliphatic rings. The van der Waals surface area contributed by atoms with Crippen LogP contribution >= 0.6 is 24.2 Å². The smallest absolute Gasteiger partial charge is 0.233 e. The van der Waals surface area contributed by atoms with E-state index in [2.05, 4.69) is 19.1 Å². The van der Waals surface area contributed by atoms with Gasteiger partial charge in [0.25, 0.3) is 0 Å². The van der Waals surface area contributed by atoms with Crippen LogP contribution in [0.4, 0.5) is 0 Å². The van der Waals surface area contributed by atoms with Crippen molar-refractivity contribution in [2.45, 2.75) is 30.7 Å². The predicted molar refractivity (Wildman–Crippen MR) is 82.9 cm³/mol. The molecule has 2 N–H and O–H groups in total. The average Bonchev–Trinajstić information content (AvgIpc) is 2.86. The van der Waals surface area contributed by atoms with Gasteiger partial charge >= 0.3 is 0 Å². The van der Waals surface area contributed by atoms with Gasteiger partial charge in [-0.2, -0.15) is 0 Å². The number of aryl methyl sites for hydroxylation is 1. The number of benzene rings is 1. The molecule has 0 spiro atoms. The van der Waals surface area contributed by atoms with Crippen molar-refractivity contribution in [3.05, 3.63) is 29.8 Å². The van der Waals surface area contributed by atoms with Gasteiger partial charge in [0, 0.05) is 24.0 Å². The summed E-state index contributed by atoms with van der Waals surface area (Å²) in [6.45, 7) is 3.53. The number of likely N-dealkylation sites (tertiary alicyclic amines) is 1. The SMILES string of the molecule is Cc1ccccc1SCC(=O)N1CCCC1CN.Cl. The van der Waals surface area contributed by atoms with Crippen molar-refractivity contribution >= 4 is 30.1 Å². The molecular formula is C14H21ClN2OS. The quantitative estimate of drug-likeness (QED) is 0.869. The summed E-state index contributed by atoms with van der Waals surface area (Å²) in [5.74, 6) is 0.734. The van der Waals surface area contributed by atoms with Gasteiger partial charge in [-0.1, -0.05) is 18.2 Å². The lowest BCUT2D eigenvalue weighted by molar-refractivity contribution is -0.128. The third-order valence-corrected chi connectivity index (χ3v) is 4.57. The number of amides is 1. The van der Waals surface area contributed by atoms with Crippen molar-refractivity contribution in [3.8, 4) is 0 Å². The molecule has 1 amide bonds. The molecule has 0 radical (unpaired) electrons. The van der Waals surface area contributed by atoms with E-state index in [0.717, 1.165) is 19.4 Å². The van der Waals surface area contributed by atoms with Crippen LogP contribution in [0, 0.1) is 6.92 Å². The summed E-state index contributed by atoms with van der Waals surface area (Å²) in [6.07, 6.45) is 2.14. The van der Waals surface area contributed by atoms with Crippen molar-refractivity contribution in [3.63, 3.8) is 0 Å². The average molecular weight is 301 g/mol. The Hall–Kier alpha value is -0.710. The molecule has 1 aliphatic heterocycles. The molecule has 5 heteroatoms. The maximum atomic E-state index is 12.1. The fourth-order valence-electron chi connectivity index (χ4n) is 2.35. The lowest BCUT2D eigenvalue weighted by Gasteiger charge is -2.23. The molecule has 19 heavy (non-hydrogen) atoms. The Labute approximate surface area is 125 Å². The van der Waals surface area contributed by atoms with Crippen molar-refractivity contribution in [2.24, 2.45) is 5.73 Å². The minimum Gasteiger partial charge on any atom is -0.338 e. The zero-order valence-corrected chi connectivity index (χ0v) is 12.8. The fraction of sp³-hybridized carbons (Fsp3) is 0.500. The van der Waals surface area contributed by atoms with E-state index in [9.17, 15) is 4.79 Å². The highest BCUT2D eigenvalue weighted by atomic mass is 35.5. The number of carbonyl (C=O) groups excluding carboxylic acids is 1. The van der Waals surface area contributed by atoms with E-state index in [1.54, 1.807) is 11.8 Å². The first-order chi connectivity index (χ1) is 8.72. The summed E-state index contributed by atoms with van der Waals surface area (Å²) in [4.78, 5) is 15.3. The van der Waals surface area contributed by atoms with Crippen LogP contribution in [0.25, 0.3) is 0 Å². The minimum absolute atomic E-state index is 0. The Morgan fingerprint density at radius 1 is 1.47 bits per heavy atom. The first kappa shape index (κ1) is 16.3. The third kappa shape index (κ3) is 4.13. The Morgan fingerprint density at radius 3 is 2.89 bits per heavy atom. The third-order valence-electron chi connectivity index (χ3n) is 3.41. The summed E-state index contributed by atoms with van der Waals surface area (Å²) < 4.78 is 0. The Kier molecular flexibility index (Phi) is 6.69. The van der Waals surface area contributed by atoms with Crippen LogP contribution in [0.1, 0.15) is 18.4 Å². The molecule has 1 heterocycles. The molecule has 0 saturated carbocycles. The van der Waals surface area contributed by atoms with E-state index >= 15 is 0 Å². The molecule has 1 aromatic carbocycles. The number of halogens is 1. The van der Waals surface area contributed by atoms with Crippen LogP contribution in [-0.2, 0) is 4.79 Å². The second-order valence-corrected chi connectivity index (χ2v) is 5.69.